The first-order chi connectivity index (χ1) is 13.5. The number of hydrogen-bond acceptors (Lipinski definition) is 5. The van der Waals surface area contributed by atoms with Gasteiger partial charge in [0.05, 0.1) is 22.6 Å². The quantitative estimate of drug-likeness (QED) is 0.619. The molecule has 7 heteroatoms. The Balaban J connectivity index is 1.83. The maximum atomic E-state index is 13.0. The first-order valence-corrected chi connectivity index (χ1v) is 12.0. The Morgan fingerprint density at radius 3 is 2.71 bits per heavy atom. The fourth-order valence-electron chi connectivity index (χ4n) is 3.43. The van der Waals surface area contributed by atoms with Crippen molar-refractivity contribution in [1.29, 1.82) is 0 Å². The topological polar surface area (TPSA) is 63.2 Å². The van der Waals surface area contributed by atoms with Gasteiger partial charge in [-0.1, -0.05) is 44.4 Å². The molecule has 2 N–H and O–H groups in total. The number of thiazole rings is 1. The number of rotatable bonds is 8. The molecule has 2 aromatic rings. The number of anilines is 1. The lowest BCUT2D eigenvalue weighted by Crippen LogP contribution is -2.32. The van der Waals surface area contributed by atoms with Crippen LogP contribution >= 0.6 is 11.3 Å². The molecule has 1 aliphatic carbocycles. The molecule has 0 saturated heterocycles. The molecule has 1 fully saturated rings. The smallest absolute Gasteiger partial charge is 0.183 e. The van der Waals surface area contributed by atoms with Crippen molar-refractivity contribution in [2.24, 2.45) is 5.92 Å². The summed E-state index contributed by atoms with van der Waals surface area (Å²) in [6.45, 7) is 7.28. The average Bonchev–Trinajstić information content (AvgIpc) is 3.07. The lowest BCUT2D eigenvalue weighted by atomic mass is 9.96. The Labute approximate surface area is 174 Å². The summed E-state index contributed by atoms with van der Waals surface area (Å²) in [6, 6.07) is 6.23. The summed E-state index contributed by atoms with van der Waals surface area (Å²) in [4.78, 5) is 6.46. The van der Waals surface area contributed by atoms with E-state index in [9.17, 15) is 4.21 Å². The summed E-state index contributed by atoms with van der Waals surface area (Å²) >= 11 is 1.64. The fraction of sp³-hybridized carbons (Fsp3) is 0.571. The van der Waals surface area contributed by atoms with E-state index < -0.39 is 11.0 Å². The molecule has 1 heterocycles. The van der Waals surface area contributed by atoms with Gasteiger partial charge in [-0.25, -0.2) is 13.9 Å². The Bertz CT molecular complexity index is 814. The van der Waals surface area contributed by atoms with Crippen LogP contribution in [0.3, 0.4) is 0 Å². The van der Waals surface area contributed by atoms with Crippen LogP contribution in [-0.2, 0) is 11.0 Å². The van der Waals surface area contributed by atoms with E-state index in [0.717, 1.165) is 40.7 Å². The van der Waals surface area contributed by atoms with Gasteiger partial charge in [-0.15, -0.1) is 0 Å². The van der Waals surface area contributed by atoms with Gasteiger partial charge in [0.15, 0.2) is 5.13 Å². The number of nitrogens with one attached hydrogen (secondary N) is 2. The minimum atomic E-state index is -1.29. The number of hydrogen-bond donors (Lipinski definition) is 2. The van der Waals surface area contributed by atoms with Crippen LogP contribution in [0.25, 0.3) is 10.4 Å². The molecule has 0 aliphatic heterocycles. The number of methoxy groups -OCH3 is 1. The lowest BCUT2D eigenvalue weighted by Gasteiger charge is -2.22. The Morgan fingerprint density at radius 2 is 2.04 bits per heavy atom. The Kier molecular flexibility index (Phi) is 7.48. The Hall–Kier alpha value is -1.44. The van der Waals surface area contributed by atoms with Gasteiger partial charge in [0, 0.05) is 12.6 Å². The van der Waals surface area contributed by atoms with Crippen molar-refractivity contribution >= 4 is 27.5 Å². The van der Waals surface area contributed by atoms with Crippen LogP contribution in [0, 0.1) is 12.8 Å². The second kappa shape index (κ2) is 9.85. The maximum Gasteiger partial charge on any atom is 0.183 e. The third-order valence-electron chi connectivity index (χ3n) is 4.96. The number of aromatic nitrogens is 1. The van der Waals surface area contributed by atoms with E-state index in [1.54, 1.807) is 18.4 Å². The molecule has 1 aromatic carbocycles. The van der Waals surface area contributed by atoms with Gasteiger partial charge in [-0.2, -0.15) is 0 Å². The monoisotopic (exact) mass is 421 g/mol. The highest BCUT2D eigenvalue weighted by Gasteiger charge is 2.20. The molecule has 1 atom stereocenters. The largest absolute Gasteiger partial charge is 0.495 e. The van der Waals surface area contributed by atoms with E-state index in [1.807, 2.05) is 25.1 Å². The number of nitrogens with zero attached hydrogens (tertiary/aromatic N) is 1. The van der Waals surface area contributed by atoms with Crippen LogP contribution in [0.15, 0.2) is 23.1 Å². The number of benzene rings is 1. The van der Waals surface area contributed by atoms with Gasteiger partial charge in [0.25, 0.3) is 0 Å². The molecule has 1 aromatic heterocycles. The minimum absolute atomic E-state index is 0.319. The first kappa shape index (κ1) is 21.3. The van der Waals surface area contributed by atoms with E-state index in [1.165, 1.54) is 19.3 Å². The highest BCUT2D eigenvalue weighted by atomic mass is 32.2. The second-order valence-corrected chi connectivity index (χ2v) is 10.0. The second-order valence-electron chi connectivity index (χ2n) is 7.80. The number of aryl methyl sites for hydroxylation is 1. The molecule has 0 bridgehead atoms. The SMILES string of the molecule is COc1ccc(-c2sc(NCC(C)C)nc2C)cc1S(=O)NC1CCCCC1. The summed E-state index contributed by atoms with van der Waals surface area (Å²) in [5.41, 5.74) is 2.01. The van der Waals surface area contributed by atoms with Crippen LogP contribution in [0.4, 0.5) is 5.13 Å². The predicted octanol–water partition coefficient (Wildman–Crippen LogP) is 5.14. The summed E-state index contributed by atoms with van der Waals surface area (Å²) in [6.07, 6.45) is 5.87. The van der Waals surface area contributed by atoms with Crippen LogP contribution in [-0.4, -0.2) is 28.9 Å². The fourth-order valence-corrected chi connectivity index (χ4v) is 5.63. The standard InChI is InChI=1S/C21H31N3O2S2/c1-14(2)13-22-21-23-15(3)20(27-21)16-10-11-18(26-4)19(12-16)28(25)24-17-8-6-5-7-9-17/h10-12,14,17,24H,5-9,13H2,1-4H3,(H,22,23). The van der Waals surface area contributed by atoms with Crippen molar-refractivity contribution < 1.29 is 8.95 Å². The predicted molar refractivity (Wildman–Crippen MR) is 119 cm³/mol. The molecule has 0 spiro atoms. The zero-order valence-electron chi connectivity index (χ0n) is 17.2. The highest BCUT2D eigenvalue weighted by molar-refractivity contribution is 7.83. The molecule has 0 radical (unpaired) electrons. The van der Waals surface area contributed by atoms with Gasteiger partial charge in [-0.3, -0.25) is 0 Å². The van der Waals surface area contributed by atoms with Gasteiger partial charge in [0.1, 0.15) is 16.7 Å². The zero-order chi connectivity index (χ0) is 20.1. The molecule has 5 nitrogen and oxygen atoms in total. The molecule has 1 saturated carbocycles. The van der Waals surface area contributed by atoms with Crippen LogP contribution in [0.1, 0.15) is 51.6 Å². The van der Waals surface area contributed by atoms with E-state index in [-0.39, 0.29) is 0 Å². The molecule has 28 heavy (non-hydrogen) atoms. The number of ether oxygens (including phenoxy) is 1. The molecular weight excluding hydrogens is 390 g/mol. The summed E-state index contributed by atoms with van der Waals surface area (Å²) in [5.74, 6) is 1.22. The summed E-state index contributed by atoms with van der Waals surface area (Å²) < 4.78 is 21.8. The van der Waals surface area contributed by atoms with Crippen molar-refractivity contribution in [3.63, 3.8) is 0 Å². The molecule has 1 unspecified atom stereocenters. The molecule has 1 aliphatic rings. The van der Waals surface area contributed by atoms with Gasteiger partial charge < -0.3 is 10.1 Å². The van der Waals surface area contributed by atoms with E-state index in [0.29, 0.717) is 22.6 Å². The van der Waals surface area contributed by atoms with Crippen molar-refractivity contribution in [2.45, 2.75) is 63.8 Å². The summed E-state index contributed by atoms with van der Waals surface area (Å²) in [5, 5.41) is 4.33. The van der Waals surface area contributed by atoms with E-state index in [2.05, 4.69) is 28.9 Å². The third kappa shape index (κ3) is 5.33. The van der Waals surface area contributed by atoms with E-state index in [4.69, 9.17) is 4.74 Å². The van der Waals surface area contributed by atoms with Crippen molar-refractivity contribution in [3.8, 4) is 16.2 Å². The normalized spacial score (nSPS) is 16.3. The van der Waals surface area contributed by atoms with Gasteiger partial charge in [0.2, 0.25) is 0 Å². The molecule has 0 amide bonds. The van der Waals surface area contributed by atoms with Crippen molar-refractivity contribution in [1.82, 2.24) is 9.71 Å². The minimum Gasteiger partial charge on any atom is -0.495 e. The maximum absolute atomic E-state index is 13.0. The lowest BCUT2D eigenvalue weighted by molar-refractivity contribution is 0.401. The average molecular weight is 422 g/mol. The Morgan fingerprint density at radius 1 is 1.29 bits per heavy atom. The third-order valence-corrected chi connectivity index (χ3v) is 7.39. The van der Waals surface area contributed by atoms with E-state index >= 15 is 0 Å². The van der Waals surface area contributed by atoms with Gasteiger partial charge >= 0.3 is 0 Å². The molecule has 3 rings (SSSR count). The van der Waals surface area contributed by atoms with Crippen LogP contribution in [0.2, 0.25) is 0 Å². The molecular formula is C21H31N3O2S2. The highest BCUT2D eigenvalue weighted by Crippen LogP contribution is 2.36. The van der Waals surface area contributed by atoms with Gasteiger partial charge in [-0.05, 0) is 49.4 Å². The first-order valence-electron chi connectivity index (χ1n) is 10.1. The zero-order valence-corrected chi connectivity index (χ0v) is 18.8. The summed E-state index contributed by atoms with van der Waals surface area (Å²) in [7, 11) is 0.335. The van der Waals surface area contributed by atoms with Crippen molar-refractivity contribution in [3.05, 3.63) is 23.9 Å². The van der Waals surface area contributed by atoms with Crippen molar-refractivity contribution in [2.75, 3.05) is 19.0 Å². The van der Waals surface area contributed by atoms with Crippen LogP contribution in [0.5, 0.6) is 5.75 Å². The van der Waals surface area contributed by atoms with Crippen LogP contribution < -0.4 is 14.8 Å². The molecule has 154 valence electrons.